The van der Waals surface area contributed by atoms with E-state index in [0.29, 0.717) is 0 Å². The van der Waals surface area contributed by atoms with E-state index in [0.717, 1.165) is 5.56 Å². The fourth-order valence-corrected chi connectivity index (χ4v) is 1.26. The first-order chi connectivity index (χ1) is 5.54. The van der Waals surface area contributed by atoms with E-state index >= 15 is 0 Å². The molecular weight excluding hydrogens is 215 g/mol. The molecule has 0 fully saturated rings. The molecule has 0 unspecified atom stereocenters. The van der Waals surface area contributed by atoms with E-state index in [1.54, 1.807) is 18.2 Å². The molecule has 4 nitrogen and oxygen atoms in total. The zero-order chi connectivity index (χ0) is 9.19. The van der Waals surface area contributed by atoms with E-state index in [9.17, 15) is 8.42 Å². The molecule has 0 aliphatic heterocycles. The molecule has 14 heavy (non-hydrogen) atoms. The topological polar surface area (TPSA) is 85.9 Å². The van der Waals surface area contributed by atoms with Crippen LogP contribution in [0.25, 0.3) is 6.08 Å². The van der Waals surface area contributed by atoms with Gasteiger partial charge in [-0.15, -0.1) is 0 Å². The van der Waals surface area contributed by atoms with Gasteiger partial charge in [0.1, 0.15) is 0 Å². The summed E-state index contributed by atoms with van der Waals surface area (Å²) in [6, 6.07) is 5.78. The van der Waals surface area contributed by atoms with Crippen LogP contribution in [0.1, 0.15) is 5.56 Å². The maximum atomic E-state index is 10.6. The quantitative estimate of drug-likeness (QED) is 0.573. The molecule has 3 N–H and O–H groups in total. The van der Waals surface area contributed by atoms with E-state index < -0.39 is 10.1 Å². The molecule has 74 valence electrons. The van der Waals surface area contributed by atoms with E-state index in [4.69, 9.17) is 4.55 Å². The van der Waals surface area contributed by atoms with E-state index in [2.05, 4.69) is 6.58 Å². The van der Waals surface area contributed by atoms with Crippen molar-refractivity contribution < 1.29 is 18.4 Å². The third-order valence-electron chi connectivity index (χ3n) is 1.41. The predicted molar refractivity (Wildman–Crippen MR) is 57.1 cm³/mol. The minimum atomic E-state index is -4.06. The second-order valence-electron chi connectivity index (χ2n) is 2.25. The molecular formula is C8H11NaO4S. The monoisotopic (exact) mass is 226 g/mol. The van der Waals surface area contributed by atoms with Crippen LogP contribution >= 0.6 is 0 Å². The van der Waals surface area contributed by atoms with Crippen molar-refractivity contribution in [1.29, 1.82) is 0 Å². The van der Waals surface area contributed by atoms with Crippen molar-refractivity contribution in [2.24, 2.45) is 0 Å². The molecule has 0 amide bonds. The molecule has 0 bridgehead atoms. The van der Waals surface area contributed by atoms with Crippen molar-refractivity contribution in [3.8, 4) is 0 Å². The van der Waals surface area contributed by atoms with Gasteiger partial charge < -0.3 is 5.48 Å². The van der Waals surface area contributed by atoms with Crippen molar-refractivity contribution in [1.82, 2.24) is 0 Å². The van der Waals surface area contributed by atoms with Crippen LogP contribution in [0.5, 0.6) is 0 Å². The third kappa shape index (κ3) is 4.36. The Kier molecular flexibility index (Phi) is 7.37. The Balaban J connectivity index is 0. The SMILES string of the molecule is C=Cc1ccc(S(=O)(=O)O)cc1.O.[NaH]. The number of benzene rings is 1. The summed E-state index contributed by atoms with van der Waals surface area (Å²) >= 11 is 0. The van der Waals surface area contributed by atoms with Crippen molar-refractivity contribution in [3.05, 3.63) is 36.4 Å². The Morgan fingerprint density at radius 1 is 1.21 bits per heavy atom. The van der Waals surface area contributed by atoms with Crippen LogP contribution in [0.4, 0.5) is 0 Å². The van der Waals surface area contributed by atoms with E-state index in [-0.39, 0.29) is 39.9 Å². The molecule has 1 aromatic carbocycles. The van der Waals surface area contributed by atoms with E-state index in [1.165, 1.54) is 12.1 Å². The maximum absolute atomic E-state index is 10.6. The zero-order valence-electron chi connectivity index (χ0n) is 6.77. The zero-order valence-corrected chi connectivity index (χ0v) is 7.58. The van der Waals surface area contributed by atoms with Crippen LogP contribution in [0, 0.1) is 0 Å². The Labute approximate surface area is 105 Å². The molecule has 0 heterocycles. The average molecular weight is 226 g/mol. The fraction of sp³-hybridized carbons (Fsp3) is 0. The van der Waals surface area contributed by atoms with Crippen LogP contribution < -0.4 is 0 Å². The van der Waals surface area contributed by atoms with Crippen LogP contribution in [-0.4, -0.2) is 48.0 Å². The second kappa shape index (κ2) is 6.34. The number of hydrogen-bond acceptors (Lipinski definition) is 2. The van der Waals surface area contributed by atoms with Crippen molar-refractivity contribution in [2.75, 3.05) is 0 Å². The van der Waals surface area contributed by atoms with Gasteiger partial charge in [0.15, 0.2) is 0 Å². The molecule has 1 aromatic rings. The summed E-state index contributed by atoms with van der Waals surface area (Å²) < 4.78 is 29.7. The normalized spacial score (nSPS) is 9.50. The Bertz CT molecular complexity index is 382. The number of hydrogen-bond donors (Lipinski definition) is 1. The minimum absolute atomic E-state index is 0. The van der Waals surface area contributed by atoms with Gasteiger partial charge in [-0.05, 0) is 17.7 Å². The molecule has 1 rings (SSSR count). The van der Waals surface area contributed by atoms with Crippen molar-refractivity contribution in [3.63, 3.8) is 0 Å². The molecule has 6 heteroatoms. The molecule has 0 saturated heterocycles. The van der Waals surface area contributed by atoms with Crippen LogP contribution in [-0.2, 0) is 10.1 Å². The van der Waals surface area contributed by atoms with Gasteiger partial charge in [0.2, 0.25) is 0 Å². The van der Waals surface area contributed by atoms with Gasteiger partial charge >= 0.3 is 29.6 Å². The van der Waals surface area contributed by atoms with Gasteiger partial charge in [0, 0.05) is 0 Å². The fourth-order valence-electron chi connectivity index (χ4n) is 0.776. The predicted octanol–water partition coefficient (Wildman–Crippen LogP) is 0.103. The summed E-state index contributed by atoms with van der Waals surface area (Å²) in [5.41, 5.74) is 0.808. The molecule has 0 saturated carbocycles. The molecule has 0 aromatic heterocycles. The van der Waals surface area contributed by atoms with Crippen LogP contribution in [0.15, 0.2) is 35.7 Å². The van der Waals surface area contributed by atoms with Crippen LogP contribution in [0.3, 0.4) is 0 Å². The van der Waals surface area contributed by atoms with Crippen molar-refractivity contribution in [2.45, 2.75) is 4.90 Å². The first-order valence-electron chi connectivity index (χ1n) is 3.24. The third-order valence-corrected chi connectivity index (χ3v) is 2.28. The van der Waals surface area contributed by atoms with Crippen LogP contribution in [0.2, 0.25) is 0 Å². The Morgan fingerprint density at radius 2 is 1.64 bits per heavy atom. The Morgan fingerprint density at radius 3 is 1.93 bits per heavy atom. The number of rotatable bonds is 2. The summed E-state index contributed by atoms with van der Waals surface area (Å²) in [4.78, 5) is -0.104. The summed E-state index contributed by atoms with van der Waals surface area (Å²) in [5, 5.41) is 0. The standard InChI is InChI=1S/C8H8O3S.Na.H2O.H/c1-2-7-3-5-8(6-4-7)12(9,10)11;;;/h2-6H,1H2,(H,9,10,11);;1H2;. The van der Waals surface area contributed by atoms with Crippen molar-refractivity contribution >= 4 is 45.8 Å². The molecule has 0 aliphatic carbocycles. The summed E-state index contributed by atoms with van der Waals surface area (Å²) in [6.45, 7) is 3.51. The molecule has 0 radical (unpaired) electrons. The van der Waals surface area contributed by atoms with Gasteiger partial charge in [0.25, 0.3) is 10.1 Å². The molecule has 0 aliphatic rings. The van der Waals surface area contributed by atoms with Gasteiger partial charge in [-0.3, -0.25) is 4.55 Å². The average Bonchev–Trinajstić information content (AvgIpc) is 2.03. The van der Waals surface area contributed by atoms with Gasteiger partial charge in [-0.1, -0.05) is 24.8 Å². The van der Waals surface area contributed by atoms with Gasteiger partial charge in [0.05, 0.1) is 4.90 Å². The van der Waals surface area contributed by atoms with E-state index in [1.807, 2.05) is 0 Å². The van der Waals surface area contributed by atoms with Gasteiger partial charge in [-0.2, -0.15) is 8.42 Å². The first-order valence-corrected chi connectivity index (χ1v) is 4.68. The Hall–Kier alpha value is -0.170. The molecule has 0 spiro atoms. The van der Waals surface area contributed by atoms with Gasteiger partial charge in [-0.25, -0.2) is 0 Å². The second-order valence-corrected chi connectivity index (χ2v) is 3.67. The summed E-state index contributed by atoms with van der Waals surface area (Å²) in [5.74, 6) is 0. The first kappa shape index (κ1) is 16.3. The summed E-state index contributed by atoms with van der Waals surface area (Å²) in [6.07, 6.45) is 1.59. The summed E-state index contributed by atoms with van der Waals surface area (Å²) in [7, 11) is -4.06. The molecule has 0 atom stereocenters.